The molecule has 122 valence electrons. The number of nitrogens with zero attached hydrogens (tertiary/aromatic N) is 1. The molecule has 2 aromatic carbocycles. The summed E-state index contributed by atoms with van der Waals surface area (Å²) < 4.78 is 0. The van der Waals surface area contributed by atoms with Crippen molar-refractivity contribution in [1.82, 2.24) is 10.7 Å². The smallest absolute Gasteiger partial charge is 0.336 e. The Kier molecular flexibility index (Phi) is 5.79. The Labute approximate surface area is 138 Å². The van der Waals surface area contributed by atoms with Gasteiger partial charge in [0.15, 0.2) is 0 Å². The average molecular weight is 325 g/mol. The monoisotopic (exact) mass is 325 g/mol. The van der Waals surface area contributed by atoms with E-state index in [1.54, 1.807) is 12.1 Å². The van der Waals surface area contributed by atoms with E-state index in [9.17, 15) is 14.4 Å². The van der Waals surface area contributed by atoms with Gasteiger partial charge in [-0.2, -0.15) is 5.10 Å². The van der Waals surface area contributed by atoms with Gasteiger partial charge in [0.05, 0.1) is 11.8 Å². The molecule has 0 heterocycles. The third-order valence-electron chi connectivity index (χ3n) is 3.06. The van der Waals surface area contributed by atoms with Crippen LogP contribution < -0.4 is 10.7 Å². The summed E-state index contributed by atoms with van der Waals surface area (Å²) in [5, 5.41) is 15.1. The summed E-state index contributed by atoms with van der Waals surface area (Å²) in [6.45, 7) is 0.221. The molecule has 0 fully saturated rings. The highest BCUT2D eigenvalue weighted by Gasteiger charge is 2.12. The quantitative estimate of drug-likeness (QED) is 0.435. The first-order valence-electron chi connectivity index (χ1n) is 7.05. The molecule has 2 aromatic rings. The molecule has 24 heavy (non-hydrogen) atoms. The minimum absolute atomic E-state index is 0.0454. The van der Waals surface area contributed by atoms with E-state index in [1.807, 2.05) is 30.3 Å². The van der Waals surface area contributed by atoms with Gasteiger partial charge in [-0.3, -0.25) is 9.59 Å². The number of hydrazone groups is 1. The van der Waals surface area contributed by atoms with Crippen molar-refractivity contribution in [2.75, 3.05) is 0 Å². The molecular formula is C17H15N3O4. The predicted molar refractivity (Wildman–Crippen MR) is 87.4 cm³/mol. The Hall–Kier alpha value is -3.48. The number of rotatable bonds is 5. The van der Waals surface area contributed by atoms with Gasteiger partial charge in [0, 0.05) is 12.1 Å². The topological polar surface area (TPSA) is 108 Å². The molecule has 7 nitrogen and oxygen atoms in total. The molecule has 2 amide bonds. The zero-order valence-corrected chi connectivity index (χ0v) is 12.6. The zero-order valence-electron chi connectivity index (χ0n) is 12.6. The second-order valence-electron chi connectivity index (χ2n) is 4.76. The first-order valence-corrected chi connectivity index (χ1v) is 7.05. The van der Waals surface area contributed by atoms with Crippen molar-refractivity contribution in [3.8, 4) is 0 Å². The van der Waals surface area contributed by atoms with E-state index < -0.39 is 17.8 Å². The van der Waals surface area contributed by atoms with E-state index in [4.69, 9.17) is 5.11 Å². The normalized spacial score (nSPS) is 10.3. The van der Waals surface area contributed by atoms with Gasteiger partial charge in [0.1, 0.15) is 0 Å². The fourth-order valence-corrected chi connectivity index (χ4v) is 1.87. The Morgan fingerprint density at radius 1 is 0.958 bits per heavy atom. The lowest BCUT2D eigenvalue weighted by atomic mass is 10.1. The van der Waals surface area contributed by atoms with Crippen LogP contribution in [0.15, 0.2) is 59.7 Å². The van der Waals surface area contributed by atoms with Gasteiger partial charge in [0.2, 0.25) is 0 Å². The van der Waals surface area contributed by atoms with Crippen molar-refractivity contribution in [3.05, 3.63) is 71.3 Å². The number of carbonyl (C=O) groups is 3. The summed E-state index contributed by atoms with van der Waals surface area (Å²) in [6, 6.07) is 15.3. The third kappa shape index (κ3) is 4.77. The molecule has 0 saturated carbocycles. The van der Waals surface area contributed by atoms with Crippen LogP contribution in [-0.2, 0) is 16.1 Å². The first kappa shape index (κ1) is 16.9. The highest BCUT2D eigenvalue weighted by molar-refractivity contribution is 6.35. The Morgan fingerprint density at radius 2 is 1.62 bits per heavy atom. The highest BCUT2D eigenvalue weighted by Crippen LogP contribution is 2.05. The van der Waals surface area contributed by atoms with E-state index in [1.165, 1.54) is 18.3 Å². The van der Waals surface area contributed by atoms with Gasteiger partial charge < -0.3 is 10.4 Å². The van der Waals surface area contributed by atoms with Crippen molar-refractivity contribution < 1.29 is 19.5 Å². The molecule has 3 N–H and O–H groups in total. The predicted octanol–water partition coefficient (Wildman–Crippen LogP) is 1.15. The summed E-state index contributed by atoms with van der Waals surface area (Å²) in [5.41, 5.74) is 3.28. The summed E-state index contributed by atoms with van der Waals surface area (Å²) in [5.74, 6) is -2.87. The van der Waals surface area contributed by atoms with Crippen molar-refractivity contribution >= 4 is 24.0 Å². The number of carbonyl (C=O) groups excluding carboxylic acids is 2. The molecule has 0 unspecified atom stereocenters. The molecule has 0 saturated heterocycles. The number of hydrogen-bond acceptors (Lipinski definition) is 4. The lowest BCUT2D eigenvalue weighted by Crippen LogP contribution is -2.37. The molecule has 0 aliphatic rings. The van der Waals surface area contributed by atoms with Crippen molar-refractivity contribution in [2.24, 2.45) is 5.10 Å². The molecule has 0 spiro atoms. The van der Waals surface area contributed by atoms with Crippen LogP contribution in [0.2, 0.25) is 0 Å². The molecule has 0 aromatic heterocycles. The Bertz CT molecular complexity index is 772. The van der Waals surface area contributed by atoms with Crippen molar-refractivity contribution in [2.45, 2.75) is 6.54 Å². The summed E-state index contributed by atoms with van der Waals surface area (Å²) in [6.07, 6.45) is 1.17. The molecule has 7 heteroatoms. The first-order chi connectivity index (χ1) is 11.6. The molecule has 0 atom stereocenters. The Morgan fingerprint density at radius 3 is 2.33 bits per heavy atom. The number of amides is 2. The van der Waals surface area contributed by atoms with Gasteiger partial charge in [-0.05, 0) is 11.6 Å². The summed E-state index contributed by atoms with van der Waals surface area (Å²) >= 11 is 0. The van der Waals surface area contributed by atoms with Gasteiger partial charge >= 0.3 is 17.8 Å². The molecular weight excluding hydrogens is 310 g/mol. The summed E-state index contributed by atoms with van der Waals surface area (Å²) in [4.78, 5) is 34.3. The van der Waals surface area contributed by atoms with E-state index in [2.05, 4.69) is 15.8 Å². The number of carboxylic acids is 1. The average Bonchev–Trinajstić information content (AvgIpc) is 2.60. The number of aromatic carboxylic acids is 1. The highest BCUT2D eigenvalue weighted by atomic mass is 16.4. The van der Waals surface area contributed by atoms with Crippen LogP contribution in [0.5, 0.6) is 0 Å². The fraction of sp³-hybridized carbons (Fsp3) is 0.0588. The minimum atomic E-state index is -1.11. The van der Waals surface area contributed by atoms with Gasteiger partial charge in [-0.15, -0.1) is 0 Å². The van der Waals surface area contributed by atoms with E-state index in [0.717, 1.165) is 5.56 Å². The van der Waals surface area contributed by atoms with Gasteiger partial charge in [-0.25, -0.2) is 10.2 Å². The number of hydrogen-bond donors (Lipinski definition) is 3. The van der Waals surface area contributed by atoms with E-state index in [0.29, 0.717) is 5.56 Å². The number of carboxylic acid groups (broad SMARTS) is 1. The minimum Gasteiger partial charge on any atom is -0.478 e. The van der Waals surface area contributed by atoms with Gasteiger partial charge in [0.25, 0.3) is 0 Å². The summed E-state index contributed by atoms with van der Waals surface area (Å²) in [7, 11) is 0. The lowest BCUT2D eigenvalue weighted by Gasteiger charge is -2.04. The molecule has 0 aliphatic heterocycles. The maximum absolute atomic E-state index is 11.6. The van der Waals surface area contributed by atoms with Crippen LogP contribution in [0.1, 0.15) is 21.5 Å². The number of nitrogens with one attached hydrogen (secondary N) is 2. The second kappa shape index (κ2) is 8.23. The van der Waals surface area contributed by atoms with Crippen molar-refractivity contribution in [3.63, 3.8) is 0 Å². The van der Waals surface area contributed by atoms with Crippen LogP contribution in [0, 0.1) is 0 Å². The molecule has 0 bridgehead atoms. The van der Waals surface area contributed by atoms with E-state index >= 15 is 0 Å². The van der Waals surface area contributed by atoms with Gasteiger partial charge in [-0.1, -0.05) is 48.5 Å². The van der Waals surface area contributed by atoms with Crippen molar-refractivity contribution in [1.29, 1.82) is 0 Å². The maximum atomic E-state index is 11.6. The van der Waals surface area contributed by atoms with Crippen LogP contribution in [-0.4, -0.2) is 29.1 Å². The maximum Gasteiger partial charge on any atom is 0.336 e. The van der Waals surface area contributed by atoms with Crippen LogP contribution in [0.25, 0.3) is 0 Å². The SMILES string of the molecule is O=C(NCc1ccccc1)C(=O)N/N=C\c1ccccc1C(=O)O. The Balaban J connectivity index is 1.88. The van der Waals surface area contributed by atoms with Crippen LogP contribution in [0.3, 0.4) is 0 Å². The largest absolute Gasteiger partial charge is 0.478 e. The molecule has 0 aliphatic carbocycles. The van der Waals surface area contributed by atoms with Crippen LogP contribution >= 0.6 is 0 Å². The fourth-order valence-electron chi connectivity index (χ4n) is 1.87. The standard InChI is InChI=1S/C17H15N3O4/c21-15(18-10-12-6-2-1-3-7-12)16(22)20-19-11-13-8-4-5-9-14(13)17(23)24/h1-9,11H,10H2,(H,18,21)(H,20,22)(H,23,24)/b19-11-. The molecule has 0 radical (unpaired) electrons. The zero-order chi connectivity index (χ0) is 17.4. The molecule has 2 rings (SSSR count). The third-order valence-corrected chi connectivity index (χ3v) is 3.06. The lowest BCUT2D eigenvalue weighted by molar-refractivity contribution is -0.139. The second-order valence-corrected chi connectivity index (χ2v) is 4.76. The number of benzene rings is 2. The van der Waals surface area contributed by atoms with Crippen LogP contribution in [0.4, 0.5) is 0 Å². The van der Waals surface area contributed by atoms with E-state index in [-0.39, 0.29) is 12.1 Å².